The molecule has 2 aliphatic rings. The molecule has 1 amide bonds. The number of carbonyl (C=O) groups is 1. The Morgan fingerprint density at radius 2 is 1.80 bits per heavy atom. The van der Waals surface area contributed by atoms with E-state index in [1.165, 1.54) is 25.0 Å². The third-order valence-corrected chi connectivity index (χ3v) is 5.31. The molecule has 3 rings (SSSR count). The maximum absolute atomic E-state index is 12.2. The molecule has 0 atom stereocenters. The summed E-state index contributed by atoms with van der Waals surface area (Å²) in [5.41, 5.74) is 6.54. The summed E-state index contributed by atoms with van der Waals surface area (Å²) in [6.07, 6.45) is 3.49. The molecule has 1 aromatic carbocycles. The first kappa shape index (κ1) is 13.6. The van der Waals surface area contributed by atoms with E-state index < -0.39 is 9.84 Å². The van der Waals surface area contributed by atoms with Gasteiger partial charge in [0.1, 0.15) is 0 Å². The van der Waals surface area contributed by atoms with E-state index in [4.69, 9.17) is 5.73 Å². The number of rotatable bonds is 3. The topological polar surface area (TPSA) is 80.5 Å². The molecule has 1 aliphatic carbocycles. The zero-order valence-electron chi connectivity index (χ0n) is 11.4. The first-order valence-electron chi connectivity index (χ1n) is 6.68. The SMILES string of the molecule is CS(=O)(=O)c1ccc(C(=O)N2CC(N)(C3CC3)C2)cc1. The van der Waals surface area contributed by atoms with Crippen LogP contribution in [0.5, 0.6) is 0 Å². The number of carbonyl (C=O) groups excluding carboxylic acids is 1. The molecule has 0 unspecified atom stereocenters. The van der Waals surface area contributed by atoms with Crippen LogP contribution >= 0.6 is 0 Å². The Balaban J connectivity index is 1.69. The van der Waals surface area contributed by atoms with Crippen LogP contribution in [0.4, 0.5) is 0 Å². The largest absolute Gasteiger partial charge is 0.335 e. The van der Waals surface area contributed by atoms with Gasteiger partial charge in [-0.2, -0.15) is 0 Å². The third kappa shape index (κ3) is 2.33. The molecular formula is C14H18N2O3S. The van der Waals surface area contributed by atoms with E-state index in [0.29, 0.717) is 24.6 Å². The molecular weight excluding hydrogens is 276 g/mol. The van der Waals surface area contributed by atoms with Crippen molar-refractivity contribution in [3.8, 4) is 0 Å². The van der Waals surface area contributed by atoms with Gasteiger partial charge in [-0.1, -0.05) is 0 Å². The Bertz CT molecular complexity index is 642. The molecule has 108 valence electrons. The molecule has 6 heteroatoms. The average molecular weight is 294 g/mol. The molecule has 2 N–H and O–H groups in total. The van der Waals surface area contributed by atoms with E-state index in [1.807, 2.05) is 0 Å². The predicted molar refractivity (Wildman–Crippen MR) is 75.1 cm³/mol. The van der Waals surface area contributed by atoms with Gasteiger partial charge in [0.2, 0.25) is 0 Å². The molecule has 1 aliphatic heterocycles. The number of likely N-dealkylation sites (tertiary alicyclic amines) is 1. The highest BCUT2D eigenvalue weighted by Crippen LogP contribution is 2.43. The van der Waals surface area contributed by atoms with Gasteiger partial charge < -0.3 is 10.6 Å². The zero-order valence-corrected chi connectivity index (χ0v) is 12.2. The third-order valence-electron chi connectivity index (χ3n) is 4.18. The number of hydrogen-bond donors (Lipinski definition) is 1. The van der Waals surface area contributed by atoms with E-state index in [9.17, 15) is 13.2 Å². The van der Waals surface area contributed by atoms with Gasteiger partial charge in [-0.25, -0.2) is 8.42 Å². The van der Waals surface area contributed by atoms with E-state index in [2.05, 4.69) is 0 Å². The minimum Gasteiger partial charge on any atom is -0.335 e. The number of benzene rings is 1. The second kappa shape index (κ2) is 4.30. The van der Waals surface area contributed by atoms with Crippen molar-refractivity contribution in [3.63, 3.8) is 0 Å². The van der Waals surface area contributed by atoms with Crippen LogP contribution in [0.2, 0.25) is 0 Å². The fourth-order valence-corrected chi connectivity index (χ4v) is 3.38. The Hall–Kier alpha value is -1.40. The highest BCUT2D eigenvalue weighted by molar-refractivity contribution is 7.90. The van der Waals surface area contributed by atoms with Crippen molar-refractivity contribution in [2.45, 2.75) is 23.3 Å². The van der Waals surface area contributed by atoms with Gasteiger partial charge in [-0.05, 0) is 43.0 Å². The van der Waals surface area contributed by atoms with Gasteiger partial charge in [-0.15, -0.1) is 0 Å². The molecule has 0 aromatic heterocycles. The summed E-state index contributed by atoms with van der Waals surface area (Å²) in [6, 6.07) is 6.07. The molecule has 2 fully saturated rings. The maximum atomic E-state index is 12.2. The van der Waals surface area contributed by atoms with Gasteiger partial charge in [0.05, 0.1) is 10.4 Å². The quantitative estimate of drug-likeness (QED) is 0.887. The van der Waals surface area contributed by atoms with Gasteiger partial charge >= 0.3 is 0 Å². The fraction of sp³-hybridized carbons (Fsp3) is 0.500. The molecule has 5 nitrogen and oxygen atoms in total. The monoisotopic (exact) mass is 294 g/mol. The second-order valence-corrected chi connectivity index (χ2v) is 7.98. The Morgan fingerprint density at radius 3 is 2.25 bits per heavy atom. The van der Waals surface area contributed by atoms with Crippen molar-refractivity contribution in [1.82, 2.24) is 4.90 Å². The summed E-state index contributed by atoms with van der Waals surface area (Å²) < 4.78 is 22.7. The van der Waals surface area contributed by atoms with E-state index in [0.717, 1.165) is 6.26 Å². The van der Waals surface area contributed by atoms with Crippen LogP contribution < -0.4 is 5.73 Å². The molecule has 0 spiro atoms. The lowest BCUT2D eigenvalue weighted by Gasteiger charge is -2.48. The number of sulfone groups is 1. The van der Waals surface area contributed by atoms with Gasteiger partial charge in [0.15, 0.2) is 9.84 Å². The zero-order chi connectivity index (χ0) is 14.5. The molecule has 1 saturated carbocycles. The Kier molecular flexibility index (Phi) is 2.92. The van der Waals surface area contributed by atoms with Crippen LogP contribution in [0.1, 0.15) is 23.2 Å². The summed E-state index contributed by atoms with van der Waals surface area (Å²) in [6.45, 7) is 1.20. The normalized spacial score (nSPS) is 21.4. The number of amides is 1. The summed E-state index contributed by atoms with van der Waals surface area (Å²) >= 11 is 0. The van der Waals surface area contributed by atoms with E-state index in [-0.39, 0.29) is 16.3 Å². The maximum Gasteiger partial charge on any atom is 0.253 e. The summed E-state index contributed by atoms with van der Waals surface area (Å²) in [5.74, 6) is 0.492. The number of nitrogens with zero attached hydrogens (tertiary/aromatic N) is 1. The van der Waals surface area contributed by atoms with Crippen molar-refractivity contribution in [1.29, 1.82) is 0 Å². The molecule has 1 heterocycles. The summed E-state index contributed by atoms with van der Waals surface area (Å²) in [4.78, 5) is 14.2. The lowest BCUT2D eigenvalue weighted by Crippen LogP contribution is -2.69. The van der Waals surface area contributed by atoms with Crippen LogP contribution in [-0.2, 0) is 9.84 Å². The molecule has 1 saturated heterocycles. The lowest BCUT2D eigenvalue weighted by atomic mass is 9.85. The molecule has 1 aromatic rings. The standard InChI is InChI=1S/C14H18N2O3S/c1-20(18,19)12-6-2-10(3-7-12)13(17)16-8-14(15,9-16)11-4-5-11/h2-3,6-7,11H,4-5,8-9,15H2,1H3. The van der Waals surface area contributed by atoms with Crippen LogP contribution in [0.3, 0.4) is 0 Å². The minimum atomic E-state index is -3.22. The Labute approximate surface area is 118 Å². The molecule has 0 radical (unpaired) electrons. The summed E-state index contributed by atoms with van der Waals surface area (Å²) in [7, 11) is -3.22. The van der Waals surface area contributed by atoms with Crippen molar-refractivity contribution in [2.75, 3.05) is 19.3 Å². The highest BCUT2D eigenvalue weighted by atomic mass is 32.2. The molecule has 0 bridgehead atoms. The van der Waals surface area contributed by atoms with Crippen LogP contribution in [0.15, 0.2) is 29.2 Å². The van der Waals surface area contributed by atoms with Gasteiger partial charge in [0, 0.05) is 24.9 Å². The van der Waals surface area contributed by atoms with Crippen LogP contribution in [0, 0.1) is 5.92 Å². The highest BCUT2D eigenvalue weighted by Gasteiger charge is 2.51. The second-order valence-electron chi connectivity index (χ2n) is 5.97. The number of hydrogen-bond acceptors (Lipinski definition) is 4. The van der Waals surface area contributed by atoms with E-state index >= 15 is 0 Å². The Morgan fingerprint density at radius 1 is 1.25 bits per heavy atom. The van der Waals surface area contributed by atoms with Gasteiger partial charge in [0.25, 0.3) is 5.91 Å². The number of nitrogens with two attached hydrogens (primary N) is 1. The molecule has 20 heavy (non-hydrogen) atoms. The minimum absolute atomic E-state index is 0.0771. The van der Waals surface area contributed by atoms with Crippen molar-refractivity contribution in [2.24, 2.45) is 11.7 Å². The van der Waals surface area contributed by atoms with Gasteiger partial charge in [-0.3, -0.25) is 4.79 Å². The fourth-order valence-electron chi connectivity index (χ4n) is 2.75. The summed E-state index contributed by atoms with van der Waals surface area (Å²) in [5, 5.41) is 0. The van der Waals surface area contributed by atoms with Crippen LogP contribution in [0.25, 0.3) is 0 Å². The average Bonchev–Trinajstić information content (AvgIpc) is 3.18. The first-order valence-corrected chi connectivity index (χ1v) is 8.57. The lowest BCUT2D eigenvalue weighted by molar-refractivity contribution is 0.0350. The van der Waals surface area contributed by atoms with Crippen molar-refractivity contribution >= 4 is 15.7 Å². The first-order chi connectivity index (χ1) is 9.29. The van der Waals surface area contributed by atoms with Crippen molar-refractivity contribution in [3.05, 3.63) is 29.8 Å². The predicted octanol–water partition coefficient (Wildman–Crippen LogP) is 0.653. The van der Waals surface area contributed by atoms with Crippen molar-refractivity contribution < 1.29 is 13.2 Å². The van der Waals surface area contributed by atoms with Crippen LogP contribution in [-0.4, -0.2) is 44.1 Å². The van der Waals surface area contributed by atoms with E-state index in [1.54, 1.807) is 17.0 Å². The smallest absolute Gasteiger partial charge is 0.253 e.